The number of benzene rings is 1. The van der Waals surface area contributed by atoms with Crippen LogP contribution in [0.4, 0.5) is 5.69 Å². The van der Waals surface area contributed by atoms with Crippen molar-refractivity contribution in [2.24, 2.45) is 0 Å². The van der Waals surface area contributed by atoms with Crippen LogP contribution in [0.5, 0.6) is 0 Å². The van der Waals surface area contributed by atoms with E-state index >= 15 is 0 Å². The number of amides is 2. The highest BCUT2D eigenvalue weighted by Crippen LogP contribution is 2.25. The lowest BCUT2D eigenvalue weighted by Gasteiger charge is -2.21. The number of carbonyl (C=O) groups excluding carboxylic acids is 2. The molecule has 0 fully saturated rings. The SMILES string of the molecule is CCCN(CC(=O)Nc1ccc(Cl)cc1Cl)C(=O)CCCOC. The van der Waals surface area contributed by atoms with Gasteiger partial charge in [0, 0.05) is 31.7 Å². The number of hydrogen-bond donors (Lipinski definition) is 1. The maximum Gasteiger partial charge on any atom is 0.244 e. The number of rotatable bonds is 9. The van der Waals surface area contributed by atoms with E-state index in [2.05, 4.69) is 5.32 Å². The average molecular weight is 361 g/mol. The molecule has 0 atom stereocenters. The predicted molar refractivity (Wildman–Crippen MR) is 93.1 cm³/mol. The van der Waals surface area contributed by atoms with Gasteiger partial charge in [-0.2, -0.15) is 0 Å². The molecule has 0 radical (unpaired) electrons. The molecule has 5 nitrogen and oxygen atoms in total. The van der Waals surface area contributed by atoms with E-state index in [1.807, 2.05) is 6.92 Å². The summed E-state index contributed by atoms with van der Waals surface area (Å²) in [6.07, 6.45) is 1.79. The lowest BCUT2D eigenvalue weighted by atomic mass is 10.2. The van der Waals surface area contributed by atoms with E-state index in [1.54, 1.807) is 30.2 Å². The zero-order chi connectivity index (χ0) is 17.2. The molecule has 0 saturated carbocycles. The second-order valence-corrected chi connectivity index (χ2v) is 5.93. The average Bonchev–Trinajstić information content (AvgIpc) is 2.50. The zero-order valence-electron chi connectivity index (χ0n) is 13.4. The predicted octanol–water partition coefficient (Wildman–Crippen LogP) is 3.60. The minimum absolute atomic E-state index is 0.00138. The van der Waals surface area contributed by atoms with Crippen LogP contribution >= 0.6 is 23.2 Å². The van der Waals surface area contributed by atoms with Crippen molar-refractivity contribution < 1.29 is 14.3 Å². The topological polar surface area (TPSA) is 58.6 Å². The minimum atomic E-state index is -0.289. The summed E-state index contributed by atoms with van der Waals surface area (Å²) in [5, 5.41) is 3.56. The standard InChI is InChI=1S/C16H22Cl2N2O3/c1-3-8-20(16(22)5-4-9-23-2)11-15(21)19-14-7-6-12(17)10-13(14)18/h6-7,10H,3-5,8-9,11H2,1-2H3,(H,19,21). The highest BCUT2D eigenvalue weighted by molar-refractivity contribution is 6.36. The van der Waals surface area contributed by atoms with Crippen molar-refractivity contribution in [3.63, 3.8) is 0 Å². The summed E-state index contributed by atoms with van der Waals surface area (Å²) < 4.78 is 4.94. The number of hydrogen-bond acceptors (Lipinski definition) is 3. The van der Waals surface area contributed by atoms with Crippen LogP contribution in [0.25, 0.3) is 0 Å². The largest absolute Gasteiger partial charge is 0.385 e. The summed E-state index contributed by atoms with van der Waals surface area (Å²) >= 11 is 11.8. The van der Waals surface area contributed by atoms with Gasteiger partial charge in [0.05, 0.1) is 17.3 Å². The molecule has 0 heterocycles. The van der Waals surface area contributed by atoms with Crippen LogP contribution < -0.4 is 5.32 Å². The Balaban J connectivity index is 2.61. The summed E-state index contributed by atoms with van der Waals surface area (Å²) in [5.74, 6) is -0.344. The first-order valence-electron chi connectivity index (χ1n) is 7.49. The maximum atomic E-state index is 12.2. The second-order valence-electron chi connectivity index (χ2n) is 5.08. The first kappa shape index (κ1) is 19.7. The zero-order valence-corrected chi connectivity index (χ0v) is 14.9. The lowest BCUT2D eigenvalue weighted by molar-refractivity contribution is -0.135. The van der Waals surface area contributed by atoms with Gasteiger partial charge in [-0.15, -0.1) is 0 Å². The molecule has 128 valence electrons. The fourth-order valence-electron chi connectivity index (χ4n) is 2.04. The summed E-state index contributed by atoms with van der Waals surface area (Å²) in [6.45, 7) is 3.02. The first-order chi connectivity index (χ1) is 11.0. The molecule has 0 aliphatic heterocycles. The van der Waals surface area contributed by atoms with Gasteiger partial charge in [-0.3, -0.25) is 9.59 Å². The summed E-state index contributed by atoms with van der Waals surface area (Å²) in [7, 11) is 1.59. The Hall–Kier alpha value is -1.30. The van der Waals surface area contributed by atoms with Crippen LogP contribution in [0.3, 0.4) is 0 Å². The summed E-state index contributed by atoms with van der Waals surface area (Å²) in [5.41, 5.74) is 0.476. The molecule has 0 saturated heterocycles. The van der Waals surface area contributed by atoms with Crippen molar-refractivity contribution in [3.8, 4) is 0 Å². The smallest absolute Gasteiger partial charge is 0.244 e. The van der Waals surface area contributed by atoms with E-state index in [9.17, 15) is 9.59 Å². The third kappa shape index (κ3) is 7.20. The second kappa shape index (κ2) is 10.5. The molecule has 0 spiro atoms. The van der Waals surface area contributed by atoms with Crippen LogP contribution in [-0.2, 0) is 14.3 Å². The number of methoxy groups -OCH3 is 1. The number of halogens is 2. The van der Waals surface area contributed by atoms with E-state index in [4.69, 9.17) is 27.9 Å². The molecule has 0 aliphatic rings. The van der Waals surface area contributed by atoms with E-state index in [-0.39, 0.29) is 18.4 Å². The van der Waals surface area contributed by atoms with Crippen LogP contribution in [0, 0.1) is 0 Å². The summed E-state index contributed by atoms with van der Waals surface area (Å²) in [6, 6.07) is 4.83. The Bertz CT molecular complexity index is 538. The van der Waals surface area contributed by atoms with Crippen LogP contribution in [-0.4, -0.2) is 43.5 Å². The molecule has 0 aromatic heterocycles. The first-order valence-corrected chi connectivity index (χ1v) is 8.25. The van der Waals surface area contributed by atoms with E-state index in [0.717, 1.165) is 6.42 Å². The normalized spacial score (nSPS) is 10.4. The van der Waals surface area contributed by atoms with Gasteiger partial charge in [0.1, 0.15) is 0 Å². The molecule has 2 amide bonds. The molecule has 0 aliphatic carbocycles. The molecule has 7 heteroatoms. The van der Waals surface area contributed by atoms with Crippen LogP contribution in [0.2, 0.25) is 10.0 Å². The molecule has 1 rings (SSSR count). The molecule has 23 heavy (non-hydrogen) atoms. The molecule has 1 aromatic rings. The fraction of sp³-hybridized carbons (Fsp3) is 0.500. The van der Waals surface area contributed by atoms with Crippen LogP contribution in [0.15, 0.2) is 18.2 Å². The van der Waals surface area contributed by atoms with Crippen molar-refractivity contribution in [2.45, 2.75) is 26.2 Å². The van der Waals surface area contributed by atoms with Gasteiger partial charge in [-0.1, -0.05) is 30.1 Å². The monoisotopic (exact) mass is 360 g/mol. The fourth-order valence-corrected chi connectivity index (χ4v) is 2.50. The van der Waals surface area contributed by atoms with E-state index in [0.29, 0.717) is 41.7 Å². The van der Waals surface area contributed by atoms with Crippen molar-refractivity contribution in [1.82, 2.24) is 4.90 Å². The molecule has 1 aromatic carbocycles. The number of nitrogens with zero attached hydrogens (tertiary/aromatic N) is 1. The van der Waals surface area contributed by atoms with Gasteiger partial charge in [-0.05, 0) is 31.0 Å². The van der Waals surface area contributed by atoms with Crippen molar-refractivity contribution >= 4 is 40.7 Å². The molecule has 1 N–H and O–H groups in total. The third-order valence-corrected chi connectivity index (χ3v) is 3.67. The molecule has 0 unspecified atom stereocenters. The Morgan fingerprint density at radius 2 is 2.04 bits per heavy atom. The molecule has 0 bridgehead atoms. The van der Waals surface area contributed by atoms with Gasteiger partial charge in [0.25, 0.3) is 0 Å². The van der Waals surface area contributed by atoms with Gasteiger partial charge in [0.2, 0.25) is 11.8 Å². The quantitative estimate of drug-likeness (QED) is 0.684. The van der Waals surface area contributed by atoms with E-state index < -0.39 is 0 Å². The van der Waals surface area contributed by atoms with Gasteiger partial charge >= 0.3 is 0 Å². The Labute approximate surface area is 146 Å². The van der Waals surface area contributed by atoms with Gasteiger partial charge < -0.3 is 15.0 Å². The Morgan fingerprint density at radius 1 is 1.30 bits per heavy atom. The number of nitrogens with one attached hydrogen (secondary N) is 1. The van der Waals surface area contributed by atoms with Crippen molar-refractivity contribution in [3.05, 3.63) is 28.2 Å². The Morgan fingerprint density at radius 3 is 2.65 bits per heavy atom. The molecular weight excluding hydrogens is 339 g/mol. The number of anilines is 1. The van der Waals surface area contributed by atoms with Gasteiger partial charge in [-0.25, -0.2) is 0 Å². The van der Waals surface area contributed by atoms with E-state index in [1.165, 1.54) is 0 Å². The highest BCUT2D eigenvalue weighted by atomic mass is 35.5. The third-order valence-electron chi connectivity index (χ3n) is 3.13. The highest BCUT2D eigenvalue weighted by Gasteiger charge is 2.16. The summed E-state index contributed by atoms with van der Waals surface area (Å²) in [4.78, 5) is 25.9. The van der Waals surface area contributed by atoms with Crippen molar-refractivity contribution in [1.29, 1.82) is 0 Å². The minimum Gasteiger partial charge on any atom is -0.385 e. The lowest BCUT2D eigenvalue weighted by Crippen LogP contribution is -2.38. The van der Waals surface area contributed by atoms with Gasteiger partial charge in [0.15, 0.2) is 0 Å². The molecular formula is C16H22Cl2N2O3. The number of ether oxygens (including phenoxy) is 1. The van der Waals surface area contributed by atoms with Crippen molar-refractivity contribution in [2.75, 3.05) is 32.1 Å². The number of carbonyl (C=O) groups is 2. The van der Waals surface area contributed by atoms with Crippen LogP contribution in [0.1, 0.15) is 26.2 Å². The Kier molecular flexibility index (Phi) is 8.99. The maximum absolute atomic E-state index is 12.2.